The predicted octanol–water partition coefficient (Wildman–Crippen LogP) is 2.30. The summed E-state index contributed by atoms with van der Waals surface area (Å²) in [6.45, 7) is 2.27. The highest BCUT2D eigenvalue weighted by atomic mass is 35.5. The molecule has 1 saturated heterocycles. The smallest absolute Gasteiger partial charge is 0.320 e. The van der Waals surface area contributed by atoms with Crippen LogP contribution < -0.4 is 15.5 Å². The van der Waals surface area contributed by atoms with Gasteiger partial charge in [-0.15, -0.1) is 24.8 Å². The van der Waals surface area contributed by atoms with Gasteiger partial charge in [0, 0.05) is 25.8 Å². The summed E-state index contributed by atoms with van der Waals surface area (Å²) in [6.07, 6.45) is 7.01. The first-order chi connectivity index (χ1) is 14.6. The average Bonchev–Trinajstić information content (AvgIpc) is 3.21. The van der Waals surface area contributed by atoms with Crippen molar-refractivity contribution < 1.29 is 9.90 Å². The van der Waals surface area contributed by atoms with Gasteiger partial charge < -0.3 is 20.6 Å². The molecule has 0 radical (unpaired) electrons. The summed E-state index contributed by atoms with van der Waals surface area (Å²) < 4.78 is 0. The van der Waals surface area contributed by atoms with Gasteiger partial charge in [-0.25, -0.2) is 9.97 Å². The van der Waals surface area contributed by atoms with E-state index in [1.54, 1.807) is 6.20 Å². The van der Waals surface area contributed by atoms with Gasteiger partial charge in [0.2, 0.25) is 0 Å². The highest BCUT2D eigenvalue weighted by Gasteiger charge is 2.29. The number of pyridine rings is 1. The van der Waals surface area contributed by atoms with Gasteiger partial charge in [0.15, 0.2) is 17.0 Å². The third-order valence-electron chi connectivity index (χ3n) is 6.10. The molecule has 0 bridgehead atoms. The molecule has 2 aliphatic rings. The number of fused-ring (bicyclic) bond motifs is 2. The van der Waals surface area contributed by atoms with Gasteiger partial charge >= 0.3 is 5.97 Å². The molecule has 12 heteroatoms. The summed E-state index contributed by atoms with van der Waals surface area (Å²) in [7, 11) is 0. The Morgan fingerprint density at radius 1 is 1.22 bits per heavy atom. The molecule has 10 nitrogen and oxygen atoms in total. The molecule has 5 heterocycles. The molecule has 0 aromatic carbocycles. The van der Waals surface area contributed by atoms with Gasteiger partial charge in [0.05, 0.1) is 17.6 Å². The fraction of sp³-hybridized carbons (Fsp3) is 0.450. The van der Waals surface area contributed by atoms with E-state index in [2.05, 4.69) is 36.0 Å². The zero-order valence-electron chi connectivity index (χ0n) is 17.3. The fourth-order valence-corrected chi connectivity index (χ4v) is 4.42. The first-order valence-corrected chi connectivity index (χ1v) is 10.3. The van der Waals surface area contributed by atoms with E-state index in [-0.39, 0.29) is 30.7 Å². The number of piperidine rings is 1. The number of hydrogen-bond donors (Lipinski definition) is 3. The maximum absolute atomic E-state index is 11.1. The lowest BCUT2D eigenvalue weighted by Gasteiger charge is -2.34. The molecule has 1 unspecified atom stereocenters. The number of nitrogens with one attached hydrogen (secondary N) is 1. The van der Waals surface area contributed by atoms with Gasteiger partial charge in [-0.2, -0.15) is 5.10 Å². The first-order valence-electron chi connectivity index (χ1n) is 10.3. The molecule has 0 aliphatic carbocycles. The monoisotopic (exact) mass is 480 g/mol. The predicted molar refractivity (Wildman–Crippen MR) is 126 cm³/mol. The van der Waals surface area contributed by atoms with E-state index in [0.717, 1.165) is 60.8 Å². The molecule has 0 saturated carbocycles. The Labute approximate surface area is 197 Å². The summed E-state index contributed by atoms with van der Waals surface area (Å²) in [4.78, 5) is 29.3. The molecule has 5 rings (SSSR count). The highest BCUT2D eigenvalue weighted by molar-refractivity contribution is 5.87. The minimum Gasteiger partial charge on any atom is -0.480 e. The maximum Gasteiger partial charge on any atom is 0.320 e. The fourth-order valence-electron chi connectivity index (χ4n) is 4.42. The third kappa shape index (κ3) is 4.30. The molecule has 1 fully saturated rings. The normalized spacial score (nSPS) is 17.3. The van der Waals surface area contributed by atoms with Crippen LogP contribution in [0, 0.1) is 5.92 Å². The Kier molecular flexibility index (Phi) is 7.37. The zero-order valence-corrected chi connectivity index (χ0v) is 19.0. The third-order valence-corrected chi connectivity index (χ3v) is 6.10. The van der Waals surface area contributed by atoms with Crippen LogP contribution in [-0.4, -0.2) is 61.9 Å². The number of aliphatic carboxylic acids is 1. The summed E-state index contributed by atoms with van der Waals surface area (Å²) >= 11 is 0. The van der Waals surface area contributed by atoms with Crippen LogP contribution in [0.5, 0.6) is 0 Å². The molecule has 2 aliphatic heterocycles. The van der Waals surface area contributed by atoms with Crippen molar-refractivity contribution in [2.75, 3.05) is 29.4 Å². The van der Waals surface area contributed by atoms with Crippen LogP contribution in [0.4, 0.5) is 17.3 Å². The molecule has 0 amide bonds. The van der Waals surface area contributed by atoms with Gasteiger partial charge in [0.25, 0.3) is 0 Å². The van der Waals surface area contributed by atoms with E-state index in [9.17, 15) is 4.79 Å². The average molecular weight is 481 g/mol. The second-order valence-electron chi connectivity index (χ2n) is 7.89. The number of hydrogen-bond acceptors (Lipinski definition) is 8. The minimum atomic E-state index is -0.936. The van der Waals surface area contributed by atoms with E-state index in [4.69, 9.17) is 15.8 Å². The number of aromatic nitrogens is 5. The SMILES string of the molecule is Cl.Cl.NC(C(=O)O)C1CCN(c2cnc3c(N4CCCc5ncccc54)n[nH]c3n2)CC1. The number of nitrogens with two attached hydrogens (primary N) is 1. The van der Waals surface area contributed by atoms with E-state index >= 15 is 0 Å². The van der Waals surface area contributed by atoms with Crippen molar-refractivity contribution in [3.63, 3.8) is 0 Å². The number of H-pyrrole nitrogens is 1. The van der Waals surface area contributed by atoms with Gasteiger partial charge in [-0.3, -0.25) is 14.9 Å². The Morgan fingerprint density at radius 2 is 2.00 bits per heavy atom. The standard InChI is InChI=1S/C20H24N8O2.2ClH/c21-16(20(29)30)12-5-9-27(10-6-12)15-11-23-17-18(24-15)25-26-19(17)28-8-2-3-13-14(28)4-1-7-22-13;;/h1,4,7,11-12,16H,2-3,5-6,8-10,21H2,(H,29,30)(H,24,25,26);2*1H. The number of nitrogens with zero attached hydrogens (tertiary/aromatic N) is 6. The quantitative estimate of drug-likeness (QED) is 0.513. The second kappa shape index (κ2) is 9.85. The van der Waals surface area contributed by atoms with Gasteiger partial charge in [0.1, 0.15) is 11.9 Å². The number of rotatable bonds is 4. The Balaban J connectivity index is 0.00000144. The van der Waals surface area contributed by atoms with Crippen molar-refractivity contribution in [2.24, 2.45) is 11.7 Å². The molecule has 3 aromatic rings. The van der Waals surface area contributed by atoms with Crippen LogP contribution >= 0.6 is 24.8 Å². The van der Waals surface area contributed by atoms with Crippen molar-refractivity contribution in [3.8, 4) is 0 Å². The number of carboxylic acids is 1. The van der Waals surface area contributed by atoms with Crippen molar-refractivity contribution in [1.29, 1.82) is 0 Å². The van der Waals surface area contributed by atoms with Crippen LogP contribution in [-0.2, 0) is 11.2 Å². The highest BCUT2D eigenvalue weighted by Crippen LogP contribution is 2.34. The van der Waals surface area contributed by atoms with Crippen LogP contribution in [0.1, 0.15) is 25.0 Å². The summed E-state index contributed by atoms with van der Waals surface area (Å²) in [6, 6.07) is 3.20. The van der Waals surface area contributed by atoms with Gasteiger partial charge in [-0.1, -0.05) is 0 Å². The van der Waals surface area contributed by atoms with E-state index in [1.165, 1.54) is 0 Å². The van der Waals surface area contributed by atoms with Crippen molar-refractivity contribution >= 4 is 59.3 Å². The van der Waals surface area contributed by atoms with Crippen LogP contribution in [0.3, 0.4) is 0 Å². The van der Waals surface area contributed by atoms with E-state index in [1.807, 2.05) is 12.3 Å². The number of aromatic amines is 1. The second-order valence-corrected chi connectivity index (χ2v) is 7.89. The molecule has 3 aromatic heterocycles. The number of anilines is 3. The van der Waals surface area contributed by atoms with Gasteiger partial charge in [-0.05, 0) is 43.7 Å². The van der Waals surface area contributed by atoms with Crippen LogP contribution in [0.2, 0.25) is 0 Å². The molecular formula is C20H26Cl2N8O2. The molecule has 0 spiro atoms. The summed E-state index contributed by atoms with van der Waals surface area (Å²) in [5.41, 5.74) is 9.31. The lowest BCUT2D eigenvalue weighted by molar-refractivity contribution is -0.140. The molecule has 1 atom stereocenters. The topological polar surface area (TPSA) is 137 Å². The molecular weight excluding hydrogens is 455 g/mol. The van der Waals surface area contributed by atoms with Crippen LogP contribution in [0.15, 0.2) is 24.5 Å². The van der Waals surface area contributed by atoms with Crippen LogP contribution in [0.25, 0.3) is 11.2 Å². The maximum atomic E-state index is 11.1. The molecule has 172 valence electrons. The summed E-state index contributed by atoms with van der Waals surface area (Å²) in [5, 5.41) is 16.7. The lowest BCUT2D eigenvalue weighted by Crippen LogP contribution is -2.45. The Bertz CT molecular complexity index is 1090. The van der Waals surface area contributed by atoms with Crippen molar-refractivity contribution in [1.82, 2.24) is 25.1 Å². The van der Waals surface area contributed by atoms with E-state index < -0.39 is 12.0 Å². The largest absolute Gasteiger partial charge is 0.480 e. The summed E-state index contributed by atoms with van der Waals surface area (Å²) in [5.74, 6) is 0.584. The van der Waals surface area contributed by atoms with Crippen molar-refractivity contribution in [2.45, 2.75) is 31.7 Å². The molecule has 32 heavy (non-hydrogen) atoms. The first kappa shape index (κ1) is 24.0. The lowest BCUT2D eigenvalue weighted by atomic mass is 9.90. The van der Waals surface area contributed by atoms with Crippen molar-refractivity contribution in [3.05, 3.63) is 30.2 Å². The number of halogens is 2. The zero-order chi connectivity index (χ0) is 20.7. The minimum absolute atomic E-state index is 0. The molecule has 4 N–H and O–H groups in total. The number of carboxylic acid groups (broad SMARTS) is 1. The number of aryl methyl sites for hydroxylation is 1. The Morgan fingerprint density at radius 3 is 2.75 bits per heavy atom. The number of carbonyl (C=O) groups is 1. The van der Waals surface area contributed by atoms with E-state index in [0.29, 0.717) is 18.7 Å². The Hall–Kier alpha value is -2.69.